The van der Waals surface area contributed by atoms with Crippen molar-refractivity contribution in [3.05, 3.63) is 35.1 Å². The van der Waals surface area contributed by atoms with Gasteiger partial charge in [-0.3, -0.25) is 0 Å². The van der Waals surface area contributed by atoms with Crippen molar-refractivity contribution in [2.24, 2.45) is 0 Å². The minimum atomic E-state index is -0.136. The van der Waals surface area contributed by atoms with Gasteiger partial charge < -0.3 is 10.2 Å². The van der Waals surface area contributed by atoms with Gasteiger partial charge in [-0.05, 0) is 34.6 Å². The van der Waals surface area contributed by atoms with Crippen LogP contribution in [0.5, 0.6) is 5.75 Å². The number of aromatic hydroxyl groups is 1. The predicted octanol–water partition coefficient (Wildman–Crippen LogP) is 4.52. The highest BCUT2D eigenvalue weighted by molar-refractivity contribution is 5.58. The number of aliphatic hydroxyl groups is 1. The van der Waals surface area contributed by atoms with Crippen LogP contribution in [-0.4, -0.2) is 10.2 Å². The Kier molecular flexibility index (Phi) is 3.80. The van der Waals surface area contributed by atoms with Crippen LogP contribution in [0, 0.1) is 0 Å². The van der Waals surface area contributed by atoms with Gasteiger partial charge >= 0.3 is 0 Å². The molecular weight excluding hydrogens is 224 g/mol. The summed E-state index contributed by atoms with van der Waals surface area (Å²) in [5, 5.41) is 19.4. The summed E-state index contributed by atoms with van der Waals surface area (Å²) < 4.78 is 0. The number of phenolic OH excluding ortho intramolecular Hbond substituents is 1. The molecule has 0 radical (unpaired) electrons. The Labute approximate surface area is 110 Å². The molecule has 0 heterocycles. The summed E-state index contributed by atoms with van der Waals surface area (Å²) in [4.78, 5) is 0. The fourth-order valence-electron chi connectivity index (χ4n) is 1.98. The van der Waals surface area contributed by atoms with Crippen molar-refractivity contribution < 1.29 is 10.2 Å². The third kappa shape index (κ3) is 3.06. The number of aliphatic hydroxyl groups excluding tert-OH is 1. The van der Waals surface area contributed by atoms with Crippen molar-refractivity contribution in [3.8, 4) is 5.75 Å². The first kappa shape index (κ1) is 14.6. The minimum Gasteiger partial charge on any atom is -0.516 e. The molecule has 0 aliphatic carbocycles. The fraction of sp³-hybridized carbons (Fsp3) is 0.500. The molecule has 2 heteroatoms. The second-order valence-corrected chi connectivity index (χ2v) is 6.78. The van der Waals surface area contributed by atoms with Crippen LogP contribution < -0.4 is 0 Å². The van der Waals surface area contributed by atoms with Crippen LogP contribution in [0.25, 0.3) is 6.08 Å². The summed E-state index contributed by atoms with van der Waals surface area (Å²) in [6, 6.07) is 3.86. The molecule has 0 spiro atoms. The summed E-state index contributed by atoms with van der Waals surface area (Å²) in [6.07, 6.45) is 2.68. The fourth-order valence-corrected chi connectivity index (χ4v) is 1.98. The lowest BCUT2D eigenvalue weighted by Crippen LogP contribution is -2.17. The van der Waals surface area contributed by atoms with E-state index in [1.807, 2.05) is 12.1 Å². The predicted molar refractivity (Wildman–Crippen MR) is 77.2 cm³/mol. The lowest BCUT2D eigenvalue weighted by Gasteiger charge is -2.27. The van der Waals surface area contributed by atoms with Gasteiger partial charge in [-0.2, -0.15) is 0 Å². The van der Waals surface area contributed by atoms with Crippen LogP contribution in [0.15, 0.2) is 18.4 Å². The molecule has 0 unspecified atom stereocenters. The van der Waals surface area contributed by atoms with Crippen molar-refractivity contribution in [1.82, 2.24) is 0 Å². The molecule has 2 N–H and O–H groups in total. The van der Waals surface area contributed by atoms with E-state index in [4.69, 9.17) is 5.11 Å². The third-order valence-electron chi connectivity index (χ3n) is 3.02. The van der Waals surface area contributed by atoms with E-state index in [0.29, 0.717) is 5.75 Å². The van der Waals surface area contributed by atoms with Crippen LogP contribution in [0.4, 0.5) is 0 Å². The summed E-state index contributed by atoms with van der Waals surface area (Å²) in [6.45, 7) is 12.4. The summed E-state index contributed by atoms with van der Waals surface area (Å²) in [5.41, 5.74) is 2.45. The zero-order valence-corrected chi connectivity index (χ0v) is 12.2. The third-order valence-corrected chi connectivity index (χ3v) is 3.02. The number of benzene rings is 1. The van der Waals surface area contributed by atoms with Gasteiger partial charge in [0.2, 0.25) is 0 Å². The second kappa shape index (κ2) is 4.68. The van der Waals surface area contributed by atoms with Crippen molar-refractivity contribution >= 4 is 6.08 Å². The van der Waals surface area contributed by atoms with Gasteiger partial charge in [-0.15, -0.1) is 0 Å². The molecule has 0 saturated heterocycles. The van der Waals surface area contributed by atoms with E-state index in [0.717, 1.165) is 23.0 Å². The monoisotopic (exact) mass is 248 g/mol. The van der Waals surface area contributed by atoms with Crippen LogP contribution in [0.1, 0.15) is 58.2 Å². The SMILES string of the molecule is CC(C)(C)c1cc(/C=C\O)cc(C(C)(C)C)c1O. The highest BCUT2D eigenvalue weighted by Gasteiger charge is 2.26. The van der Waals surface area contributed by atoms with Crippen molar-refractivity contribution in [1.29, 1.82) is 0 Å². The lowest BCUT2D eigenvalue weighted by molar-refractivity contribution is 0.423. The van der Waals surface area contributed by atoms with E-state index in [9.17, 15) is 5.11 Å². The van der Waals surface area contributed by atoms with Gasteiger partial charge in [0, 0.05) is 11.1 Å². The molecule has 0 bridgehead atoms. The Bertz CT molecular complexity index is 422. The molecule has 0 fully saturated rings. The van der Waals surface area contributed by atoms with E-state index in [2.05, 4.69) is 41.5 Å². The zero-order valence-electron chi connectivity index (χ0n) is 12.2. The van der Waals surface area contributed by atoms with Gasteiger partial charge in [-0.1, -0.05) is 41.5 Å². The largest absolute Gasteiger partial charge is 0.516 e. The second-order valence-electron chi connectivity index (χ2n) is 6.78. The van der Waals surface area contributed by atoms with Crippen LogP contribution in [-0.2, 0) is 10.8 Å². The summed E-state index contributed by atoms with van der Waals surface area (Å²) >= 11 is 0. The molecule has 2 nitrogen and oxygen atoms in total. The summed E-state index contributed by atoms with van der Waals surface area (Å²) in [7, 11) is 0. The van der Waals surface area contributed by atoms with Gasteiger partial charge in [0.05, 0.1) is 6.26 Å². The number of hydrogen-bond acceptors (Lipinski definition) is 2. The zero-order chi connectivity index (χ0) is 14.1. The van der Waals surface area contributed by atoms with Crippen LogP contribution >= 0.6 is 0 Å². The first-order valence-electron chi connectivity index (χ1n) is 6.26. The molecule has 0 aliphatic heterocycles. The van der Waals surface area contributed by atoms with E-state index in [1.54, 1.807) is 6.08 Å². The Morgan fingerprint density at radius 1 is 0.889 bits per heavy atom. The normalized spacial score (nSPS) is 13.2. The highest BCUT2D eigenvalue weighted by Crippen LogP contribution is 2.39. The number of rotatable bonds is 1. The molecular formula is C16H24O2. The average molecular weight is 248 g/mol. The minimum absolute atomic E-state index is 0.136. The van der Waals surface area contributed by atoms with Crippen LogP contribution in [0.3, 0.4) is 0 Å². The van der Waals surface area contributed by atoms with Crippen LogP contribution in [0.2, 0.25) is 0 Å². The topological polar surface area (TPSA) is 40.5 Å². The summed E-state index contributed by atoms with van der Waals surface area (Å²) in [5.74, 6) is 0.366. The van der Waals surface area contributed by atoms with Crippen molar-refractivity contribution in [3.63, 3.8) is 0 Å². The number of hydrogen-bond donors (Lipinski definition) is 2. The molecule has 0 aliphatic rings. The van der Waals surface area contributed by atoms with Crippen molar-refractivity contribution in [2.75, 3.05) is 0 Å². The standard InChI is InChI=1S/C16H24O2/c1-15(2,3)12-9-11(7-8-17)10-13(14(12)18)16(4,5)6/h7-10,17-18H,1-6H3/b8-7-. The van der Waals surface area contributed by atoms with E-state index >= 15 is 0 Å². The molecule has 0 saturated carbocycles. The lowest BCUT2D eigenvalue weighted by atomic mass is 9.78. The van der Waals surface area contributed by atoms with E-state index in [-0.39, 0.29) is 10.8 Å². The molecule has 0 amide bonds. The highest BCUT2D eigenvalue weighted by atomic mass is 16.3. The maximum absolute atomic E-state index is 10.5. The maximum Gasteiger partial charge on any atom is 0.123 e. The van der Waals surface area contributed by atoms with Gasteiger partial charge in [0.25, 0.3) is 0 Å². The maximum atomic E-state index is 10.5. The van der Waals surface area contributed by atoms with E-state index in [1.165, 1.54) is 0 Å². The smallest absolute Gasteiger partial charge is 0.123 e. The van der Waals surface area contributed by atoms with Gasteiger partial charge in [0.15, 0.2) is 0 Å². The average Bonchev–Trinajstić information content (AvgIpc) is 2.17. The Morgan fingerprint density at radius 2 is 1.28 bits per heavy atom. The van der Waals surface area contributed by atoms with Gasteiger partial charge in [-0.25, -0.2) is 0 Å². The molecule has 1 aromatic rings. The molecule has 0 atom stereocenters. The molecule has 1 rings (SSSR count). The molecule has 0 aromatic heterocycles. The Balaban J connectivity index is 3.59. The molecule has 1 aromatic carbocycles. The first-order chi connectivity index (χ1) is 8.07. The first-order valence-corrected chi connectivity index (χ1v) is 6.26. The van der Waals surface area contributed by atoms with Gasteiger partial charge in [0.1, 0.15) is 5.75 Å². The number of phenols is 1. The Hall–Kier alpha value is -1.44. The van der Waals surface area contributed by atoms with Crippen molar-refractivity contribution in [2.45, 2.75) is 52.4 Å². The Morgan fingerprint density at radius 3 is 1.56 bits per heavy atom. The molecule has 18 heavy (non-hydrogen) atoms. The van der Waals surface area contributed by atoms with E-state index < -0.39 is 0 Å². The quantitative estimate of drug-likeness (QED) is 0.717. The molecule has 100 valence electrons.